The highest BCUT2D eigenvalue weighted by Crippen LogP contribution is 2.14. The normalized spacial score (nSPS) is 12.6. The van der Waals surface area contributed by atoms with E-state index in [-0.39, 0.29) is 36.5 Å². The lowest BCUT2D eigenvalue weighted by atomic mass is 10.0. The smallest absolute Gasteiger partial charge is 0.191 e. The minimum atomic E-state index is 0. The molecule has 2 aromatic rings. The van der Waals surface area contributed by atoms with E-state index in [1.165, 1.54) is 11.1 Å². The van der Waals surface area contributed by atoms with Crippen LogP contribution in [0, 0.1) is 0 Å². The van der Waals surface area contributed by atoms with Crippen molar-refractivity contribution >= 4 is 29.9 Å². The molecule has 3 N–H and O–H groups in total. The van der Waals surface area contributed by atoms with Gasteiger partial charge in [-0.05, 0) is 37.6 Å². The molecule has 0 aliphatic rings. The van der Waals surface area contributed by atoms with Gasteiger partial charge in [0.25, 0.3) is 0 Å². The van der Waals surface area contributed by atoms with Gasteiger partial charge in [-0.2, -0.15) is 0 Å². The van der Waals surface area contributed by atoms with E-state index in [2.05, 4.69) is 65.7 Å². The van der Waals surface area contributed by atoms with Crippen molar-refractivity contribution in [1.29, 1.82) is 0 Å². The van der Waals surface area contributed by atoms with Crippen molar-refractivity contribution < 1.29 is 5.11 Å². The maximum atomic E-state index is 9.73. The molecule has 5 nitrogen and oxygen atoms in total. The van der Waals surface area contributed by atoms with Crippen LogP contribution in [-0.2, 0) is 13.1 Å². The standard InChI is InChI=1S/C23H34N4O.HI/c1-18(2)27(4)16-21-13-9-8-12-20(21)14-25-23(24-3)26-15-22(17-28)19-10-6-5-7-11-19;/h5-13,18,22,28H,14-17H2,1-4H3,(H2,24,25,26);1H. The average molecular weight is 510 g/mol. The topological polar surface area (TPSA) is 59.9 Å². The number of nitrogens with zero attached hydrogens (tertiary/aromatic N) is 2. The Labute approximate surface area is 192 Å². The van der Waals surface area contributed by atoms with Crippen molar-refractivity contribution in [2.45, 2.75) is 38.9 Å². The molecule has 160 valence electrons. The monoisotopic (exact) mass is 510 g/mol. The molecule has 29 heavy (non-hydrogen) atoms. The second-order valence-corrected chi connectivity index (χ2v) is 7.37. The summed E-state index contributed by atoms with van der Waals surface area (Å²) >= 11 is 0. The van der Waals surface area contributed by atoms with E-state index < -0.39 is 0 Å². The number of hydrogen-bond donors (Lipinski definition) is 3. The third-order valence-corrected chi connectivity index (χ3v) is 5.10. The van der Waals surface area contributed by atoms with E-state index in [1.54, 1.807) is 7.05 Å². The van der Waals surface area contributed by atoms with Gasteiger partial charge < -0.3 is 15.7 Å². The van der Waals surface area contributed by atoms with Crippen LogP contribution in [0.5, 0.6) is 0 Å². The summed E-state index contributed by atoms with van der Waals surface area (Å²) in [6.07, 6.45) is 0. The van der Waals surface area contributed by atoms with Crippen molar-refractivity contribution in [3.63, 3.8) is 0 Å². The number of nitrogens with one attached hydrogen (secondary N) is 2. The van der Waals surface area contributed by atoms with Crippen molar-refractivity contribution in [1.82, 2.24) is 15.5 Å². The molecule has 0 aliphatic heterocycles. The minimum absolute atomic E-state index is 0. The van der Waals surface area contributed by atoms with Crippen LogP contribution in [-0.4, -0.2) is 49.3 Å². The Balaban J connectivity index is 0.00000420. The molecule has 2 aromatic carbocycles. The number of rotatable bonds is 9. The molecule has 0 aliphatic carbocycles. The predicted octanol–water partition coefficient (Wildman–Crippen LogP) is 3.59. The Bertz CT molecular complexity index is 737. The molecule has 0 spiro atoms. The average Bonchev–Trinajstić information content (AvgIpc) is 2.72. The molecule has 0 saturated carbocycles. The number of aliphatic hydroxyl groups excluding tert-OH is 1. The van der Waals surface area contributed by atoms with Crippen LogP contribution in [0.1, 0.15) is 36.5 Å². The number of halogens is 1. The molecule has 6 heteroatoms. The highest BCUT2D eigenvalue weighted by molar-refractivity contribution is 14.0. The summed E-state index contributed by atoms with van der Waals surface area (Å²) < 4.78 is 0. The molecule has 2 rings (SSSR count). The van der Waals surface area contributed by atoms with Gasteiger partial charge in [0.15, 0.2) is 5.96 Å². The molecule has 0 amide bonds. The van der Waals surface area contributed by atoms with Crippen LogP contribution in [0.25, 0.3) is 0 Å². The Hall–Kier alpha value is -1.64. The lowest BCUT2D eigenvalue weighted by Crippen LogP contribution is -2.39. The van der Waals surface area contributed by atoms with E-state index in [0.717, 1.165) is 18.1 Å². The summed E-state index contributed by atoms with van der Waals surface area (Å²) in [6.45, 7) is 6.75. The molecular weight excluding hydrogens is 475 g/mol. The molecule has 0 saturated heterocycles. The zero-order chi connectivity index (χ0) is 20.4. The quantitative estimate of drug-likeness (QED) is 0.274. The van der Waals surface area contributed by atoms with Crippen LogP contribution in [0.15, 0.2) is 59.6 Å². The van der Waals surface area contributed by atoms with Gasteiger partial charge >= 0.3 is 0 Å². The zero-order valence-corrected chi connectivity index (χ0v) is 20.3. The lowest BCUT2D eigenvalue weighted by molar-refractivity contribution is 0.264. The molecule has 0 bridgehead atoms. The molecule has 1 atom stereocenters. The fourth-order valence-electron chi connectivity index (χ4n) is 2.97. The largest absolute Gasteiger partial charge is 0.396 e. The highest BCUT2D eigenvalue weighted by Gasteiger charge is 2.12. The van der Waals surface area contributed by atoms with Crippen molar-refractivity contribution in [3.05, 3.63) is 71.3 Å². The van der Waals surface area contributed by atoms with Gasteiger partial charge in [0.1, 0.15) is 0 Å². The maximum Gasteiger partial charge on any atom is 0.191 e. The van der Waals surface area contributed by atoms with Crippen molar-refractivity contribution in [3.8, 4) is 0 Å². The van der Waals surface area contributed by atoms with Gasteiger partial charge in [0.05, 0.1) is 6.61 Å². The summed E-state index contributed by atoms with van der Waals surface area (Å²) in [4.78, 5) is 6.66. The first kappa shape index (κ1) is 25.4. The van der Waals surface area contributed by atoms with Crippen molar-refractivity contribution in [2.24, 2.45) is 4.99 Å². The fourth-order valence-corrected chi connectivity index (χ4v) is 2.97. The molecule has 0 heterocycles. The number of aliphatic hydroxyl groups is 1. The number of hydrogen-bond acceptors (Lipinski definition) is 3. The number of aliphatic imine (C=N–C) groups is 1. The van der Waals surface area contributed by atoms with Gasteiger partial charge in [-0.1, -0.05) is 54.6 Å². The zero-order valence-electron chi connectivity index (χ0n) is 17.9. The molecule has 0 aromatic heterocycles. The Morgan fingerprint density at radius 1 is 1.00 bits per heavy atom. The van der Waals surface area contributed by atoms with Crippen LogP contribution in [0.3, 0.4) is 0 Å². The summed E-state index contributed by atoms with van der Waals surface area (Å²) in [7, 11) is 3.91. The number of benzene rings is 2. The first-order chi connectivity index (χ1) is 13.5. The van der Waals surface area contributed by atoms with Crippen LogP contribution in [0.2, 0.25) is 0 Å². The first-order valence-corrected chi connectivity index (χ1v) is 9.92. The van der Waals surface area contributed by atoms with E-state index in [0.29, 0.717) is 19.1 Å². The van der Waals surface area contributed by atoms with Gasteiger partial charge in [-0.3, -0.25) is 9.89 Å². The van der Waals surface area contributed by atoms with E-state index in [1.807, 2.05) is 30.3 Å². The summed E-state index contributed by atoms with van der Waals surface area (Å²) in [5.74, 6) is 0.771. The van der Waals surface area contributed by atoms with Gasteiger partial charge in [-0.25, -0.2) is 0 Å². The van der Waals surface area contributed by atoms with Gasteiger partial charge in [0.2, 0.25) is 0 Å². The molecular formula is C23H35IN4O. The van der Waals surface area contributed by atoms with Gasteiger partial charge in [0, 0.05) is 38.6 Å². The Morgan fingerprint density at radius 3 is 2.21 bits per heavy atom. The SMILES string of the molecule is CN=C(NCc1ccccc1CN(C)C(C)C)NCC(CO)c1ccccc1.I. The Morgan fingerprint density at radius 2 is 1.62 bits per heavy atom. The summed E-state index contributed by atoms with van der Waals surface area (Å²) in [5.41, 5.74) is 3.70. The number of guanidine groups is 1. The molecule has 0 fully saturated rings. The maximum absolute atomic E-state index is 9.73. The third-order valence-electron chi connectivity index (χ3n) is 5.10. The second kappa shape index (κ2) is 13.6. The van der Waals surface area contributed by atoms with E-state index in [9.17, 15) is 5.11 Å². The van der Waals surface area contributed by atoms with E-state index >= 15 is 0 Å². The van der Waals surface area contributed by atoms with Crippen LogP contribution >= 0.6 is 24.0 Å². The van der Waals surface area contributed by atoms with Gasteiger partial charge in [-0.15, -0.1) is 24.0 Å². The third kappa shape index (κ3) is 8.32. The molecule has 1 unspecified atom stereocenters. The predicted molar refractivity (Wildman–Crippen MR) is 133 cm³/mol. The van der Waals surface area contributed by atoms with E-state index in [4.69, 9.17) is 0 Å². The lowest BCUT2D eigenvalue weighted by Gasteiger charge is -2.23. The first-order valence-electron chi connectivity index (χ1n) is 9.92. The second-order valence-electron chi connectivity index (χ2n) is 7.37. The van der Waals surface area contributed by atoms with Crippen LogP contribution < -0.4 is 10.6 Å². The summed E-state index contributed by atoms with van der Waals surface area (Å²) in [6, 6.07) is 19.1. The Kier molecular flexibility index (Phi) is 11.9. The minimum Gasteiger partial charge on any atom is -0.396 e. The van der Waals surface area contributed by atoms with Crippen molar-refractivity contribution in [2.75, 3.05) is 27.2 Å². The van der Waals surface area contributed by atoms with Crippen LogP contribution in [0.4, 0.5) is 0 Å². The molecule has 0 radical (unpaired) electrons. The summed E-state index contributed by atoms with van der Waals surface area (Å²) in [5, 5.41) is 16.5. The fraction of sp³-hybridized carbons (Fsp3) is 0.435. The highest BCUT2D eigenvalue weighted by atomic mass is 127.